The van der Waals surface area contributed by atoms with Gasteiger partial charge in [0, 0.05) is 44.2 Å². The number of carbonyl (C=O) groups is 1. The van der Waals surface area contributed by atoms with Crippen LogP contribution >= 0.6 is 0 Å². The number of aliphatic carboxylic acids is 1. The molecule has 0 bridgehead atoms. The van der Waals surface area contributed by atoms with Gasteiger partial charge in [0.05, 0.1) is 12.1 Å². The lowest BCUT2D eigenvalue weighted by Crippen LogP contribution is -2.39. The Hall–Kier alpha value is -3.76. The zero-order valence-electron chi connectivity index (χ0n) is 23.6. The van der Waals surface area contributed by atoms with Gasteiger partial charge in [0.25, 0.3) is 0 Å². The minimum Gasteiger partial charge on any atom is -0.481 e. The Bertz CT molecular complexity index is 1750. The molecule has 10 heteroatoms. The maximum atomic E-state index is 14.0. The van der Waals surface area contributed by atoms with Gasteiger partial charge in [-0.2, -0.15) is 4.31 Å². The Morgan fingerprint density at radius 2 is 1.93 bits per heavy atom. The largest absolute Gasteiger partial charge is 0.481 e. The number of hydrogen-bond acceptors (Lipinski definition) is 6. The van der Waals surface area contributed by atoms with Crippen molar-refractivity contribution in [3.05, 3.63) is 88.4 Å². The number of nitrogens with zero attached hydrogens (tertiary/aromatic N) is 5. The van der Waals surface area contributed by atoms with Crippen molar-refractivity contribution in [3.63, 3.8) is 0 Å². The second-order valence-electron chi connectivity index (χ2n) is 11.2. The first-order valence-corrected chi connectivity index (χ1v) is 15.6. The van der Waals surface area contributed by atoms with Crippen LogP contribution in [-0.4, -0.2) is 57.5 Å². The van der Waals surface area contributed by atoms with Crippen molar-refractivity contribution in [1.29, 1.82) is 0 Å². The molecule has 2 atom stereocenters. The summed E-state index contributed by atoms with van der Waals surface area (Å²) < 4.78 is 31.5. The van der Waals surface area contributed by atoms with E-state index in [-0.39, 0.29) is 19.0 Å². The van der Waals surface area contributed by atoms with Crippen molar-refractivity contribution >= 4 is 27.3 Å². The number of pyridine rings is 1. The molecule has 41 heavy (non-hydrogen) atoms. The van der Waals surface area contributed by atoms with Gasteiger partial charge in [-0.05, 0) is 72.7 Å². The number of anilines is 1. The van der Waals surface area contributed by atoms with Gasteiger partial charge in [0.2, 0.25) is 10.0 Å². The SMILES string of the molecule is CCc1nnc2c(C)c([C@H](CC(=O)O)c3ccc(C)c(CN4C[C@H]5CCCN5c5ccccc5S4(=O)=O)c3)ccn12. The number of aromatic nitrogens is 3. The molecule has 4 heterocycles. The van der Waals surface area contributed by atoms with Crippen LogP contribution in [-0.2, 0) is 27.8 Å². The van der Waals surface area contributed by atoms with Gasteiger partial charge < -0.3 is 10.0 Å². The summed E-state index contributed by atoms with van der Waals surface area (Å²) >= 11 is 0. The zero-order chi connectivity index (χ0) is 28.9. The maximum absolute atomic E-state index is 14.0. The number of para-hydroxylation sites is 1. The first-order chi connectivity index (χ1) is 19.7. The third kappa shape index (κ3) is 4.78. The fraction of sp³-hybridized carbons (Fsp3) is 0.387. The lowest BCUT2D eigenvalue weighted by molar-refractivity contribution is -0.137. The number of hydrogen-bond donors (Lipinski definition) is 1. The molecule has 1 N–H and O–H groups in total. The van der Waals surface area contributed by atoms with Gasteiger partial charge in [0.1, 0.15) is 10.7 Å². The van der Waals surface area contributed by atoms with E-state index in [0.717, 1.165) is 70.8 Å². The minimum atomic E-state index is -3.73. The molecule has 1 fully saturated rings. The summed E-state index contributed by atoms with van der Waals surface area (Å²) in [5.41, 5.74) is 5.96. The highest BCUT2D eigenvalue weighted by atomic mass is 32.2. The Morgan fingerprint density at radius 1 is 1.12 bits per heavy atom. The van der Waals surface area contributed by atoms with Crippen LogP contribution in [0.2, 0.25) is 0 Å². The number of rotatable bonds is 7. The normalized spacial score (nSPS) is 19.1. The fourth-order valence-corrected chi connectivity index (χ4v) is 8.15. The molecular formula is C31H35N5O4S. The molecule has 2 aromatic carbocycles. The van der Waals surface area contributed by atoms with Gasteiger partial charge in [0.15, 0.2) is 5.65 Å². The van der Waals surface area contributed by atoms with E-state index in [1.165, 1.54) is 0 Å². The zero-order valence-corrected chi connectivity index (χ0v) is 24.4. The molecule has 4 aromatic rings. The Balaban J connectivity index is 1.40. The predicted molar refractivity (Wildman–Crippen MR) is 157 cm³/mol. The predicted octanol–water partition coefficient (Wildman–Crippen LogP) is 4.69. The molecule has 2 aromatic heterocycles. The van der Waals surface area contributed by atoms with Crippen molar-refractivity contribution in [1.82, 2.24) is 18.9 Å². The van der Waals surface area contributed by atoms with Crippen LogP contribution in [0.1, 0.15) is 65.7 Å². The van der Waals surface area contributed by atoms with Gasteiger partial charge in [-0.15, -0.1) is 10.2 Å². The van der Waals surface area contributed by atoms with E-state index in [9.17, 15) is 18.3 Å². The molecule has 214 valence electrons. The van der Waals surface area contributed by atoms with Crippen molar-refractivity contribution in [2.75, 3.05) is 18.0 Å². The average Bonchev–Trinajstić information content (AvgIpc) is 3.58. The van der Waals surface area contributed by atoms with Gasteiger partial charge in [-0.3, -0.25) is 9.20 Å². The van der Waals surface area contributed by atoms with Gasteiger partial charge >= 0.3 is 5.97 Å². The second kappa shape index (κ2) is 10.6. The average molecular weight is 574 g/mol. The first-order valence-electron chi connectivity index (χ1n) is 14.2. The van der Waals surface area contributed by atoms with Crippen LogP contribution in [0.4, 0.5) is 5.69 Å². The first kappa shape index (κ1) is 27.4. The molecule has 0 saturated carbocycles. The highest BCUT2D eigenvalue weighted by molar-refractivity contribution is 7.89. The van der Waals surface area contributed by atoms with E-state index >= 15 is 0 Å². The molecule has 0 radical (unpaired) electrons. The number of fused-ring (bicyclic) bond motifs is 4. The molecule has 9 nitrogen and oxygen atoms in total. The van der Waals surface area contributed by atoms with Crippen molar-refractivity contribution in [3.8, 4) is 0 Å². The number of aryl methyl sites for hydroxylation is 3. The van der Waals surface area contributed by atoms with E-state index in [4.69, 9.17) is 0 Å². The van der Waals surface area contributed by atoms with E-state index in [2.05, 4.69) is 15.1 Å². The highest BCUT2D eigenvalue weighted by Crippen LogP contribution is 2.38. The van der Waals surface area contributed by atoms with Gasteiger partial charge in [-0.1, -0.05) is 37.3 Å². The highest BCUT2D eigenvalue weighted by Gasteiger charge is 2.39. The van der Waals surface area contributed by atoms with Crippen LogP contribution in [0.3, 0.4) is 0 Å². The molecule has 0 unspecified atom stereocenters. The summed E-state index contributed by atoms with van der Waals surface area (Å²) in [6.07, 6.45) is 4.54. The summed E-state index contributed by atoms with van der Waals surface area (Å²) in [6.45, 7) is 7.45. The molecule has 0 aliphatic carbocycles. The van der Waals surface area contributed by atoms with E-state index < -0.39 is 21.9 Å². The molecule has 0 spiro atoms. The summed E-state index contributed by atoms with van der Waals surface area (Å²) in [6, 6.07) is 15.3. The summed E-state index contributed by atoms with van der Waals surface area (Å²) in [5.74, 6) is -0.478. The Kier molecular flexibility index (Phi) is 7.07. The lowest BCUT2D eigenvalue weighted by Gasteiger charge is -2.27. The molecule has 0 amide bonds. The third-order valence-corrected chi connectivity index (χ3v) is 10.6. The van der Waals surface area contributed by atoms with E-state index in [0.29, 0.717) is 11.4 Å². The molecule has 2 aliphatic heterocycles. The summed E-state index contributed by atoms with van der Waals surface area (Å²) in [7, 11) is -3.73. The fourth-order valence-electron chi connectivity index (χ4n) is 6.49. The van der Waals surface area contributed by atoms with E-state index in [1.54, 1.807) is 16.4 Å². The van der Waals surface area contributed by atoms with Crippen LogP contribution < -0.4 is 4.90 Å². The quantitative estimate of drug-likeness (QED) is 0.342. The topological polar surface area (TPSA) is 108 Å². The Morgan fingerprint density at radius 3 is 2.71 bits per heavy atom. The molecule has 2 aliphatic rings. The van der Waals surface area contributed by atoms with Crippen molar-refractivity contribution in [2.45, 2.75) is 69.9 Å². The monoisotopic (exact) mass is 573 g/mol. The lowest BCUT2D eigenvalue weighted by atomic mass is 9.85. The number of benzene rings is 2. The summed E-state index contributed by atoms with van der Waals surface area (Å²) in [4.78, 5) is 14.7. The van der Waals surface area contributed by atoms with Crippen LogP contribution in [0.15, 0.2) is 59.6 Å². The van der Waals surface area contributed by atoms with Crippen molar-refractivity contribution < 1.29 is 18.3 Å². The van der Waals surface area contributed by atoms with Crippen LogP contribution in [0.5, 0.6) is 0 Å². The maximum Gasteiger partial charge on any atom is 0.304 e. The van der Waals surface area contributed by atoms with Crippen molar-refractivity contribution in [2.24, 2.45) is 0 Å². The number of carboxylic acids is 1. The molecule has 6 rings (SSSR count). The third-order valence-electron chi connectivity index (χ3n) is 8.71. The smallest absolute Gasteiger partial charge is 0.304 e. The van der Waals surface area contributed by atoms with Crippen LogP contribution in [0.25, 0.3) is 5.65 Å². The van der Waals surface area contributed by atoms with Crippen LogP contribution in [0, 0.1) is 13.8 Å². The standard InChI is InChI=1S/C31H35N5O4S/c1-4-29-32-33-31-21(3)25(13-15-36(29)31)26(17-30(37)38)22-12-11-20(2)23(16-22)18-34-19-24-8-7-14-35(24)27-9-5-6-10-28(27)41(34,39)40/h5-6,9-13,15-16,24,26H,4,7-8,14,17-19H2,1-3H3,(H,37,38)/t24-,26-/m1/s1. The summed E-state index contributed by atoms with van der Waals surface area (Å²) in [5, 5.41) is 18.6. The molecule has 1 saturated heterocycles. The Labute approximate surface area is 240 Å². The molecular weight excluding hydrogens is 538 g/mol. The minimum absolute atomic E-state index is 0.0965. The number of sulfonamides is 1. The van der Waals surface area contributed by atoms with Gasteiger partial charge in [-0.25, -0.2) is 8.42 Å². The number of carboxylic acid groups (broad SMARTS) is 1. The second-order valence-corrected chi connectivity index (χ2v) is 13.1. The van der Waals surface area contributed by atoms with E-state index in [1.807, 2.05) is 67.8 Å².